The highest BCUT2D eigenvalue weighted by Crippen LogP contribution is 2.26. The van der Waals surface area contributed by atoms with Crippen LogP contribution < -0.4 is 10.1 Å². The van der Waals surface area contributed by atoms with Gasteiger partial charge in [0.05, 0.1) is 15.6 Å². The summed E-state index contributed by atoms with van der Waals surface area (Å²) in [6.45, 7) is 4.91. The summed E-state index contributed by atoms with van der Waals surface area (Å²) in [7, 11) is 0. The quantitative estimate of drug-likeness (QED) is 0.298. The first-order chi connectivity index (χ1) is 17.6. The second-order valence-corrected chi connectivity index (χ2v) is 10.4. The molecule has 0 amide bonds. The van der Waals surface area contributed by atoms with Crippen molar-refractivity contribution in [1.29, 1.82) is 0 Å². The summed E-state index contributed by atoms with van der Waals surface area (Å²) in [4.78, 5) is 19.0. The Balaban J connectivity index is 1.40. The number of rotatable bonds is 3. The number of para-hydroxylation sites is 1. The van der Waals surface area contributed by atoms with Gasteiger partial charge in [0, 0.05) is 29.2 Å². The van der Waals surface area contributed by atoms with Crippen LogP contribution in [0.25, 0.3) is 43.7 Å². The van der Waals surface area contributed by atoms with Gasteiger partial charge in [-0.3, -0.25) is 4.79 Å². The molecule has 5 heteroatoms. The second-order valence-electron chi connectivity index (χ2n) is 9.44. The van der Waals surface area contributed by atoms with Gasteiger partial charge < -0.3 is 4.57 Å². The van der Waals surface area contributed by atoms with Gasteiger partial charge in [0.25, 0.3) is 5.56 Å². The zero-order valence-electron chi connectivity index (χ0n) is 20.0. The van der Waals surface area contributed by atoms with E-state index in [2.05, 4.69) is 103 Å². The van der Waals surface area contributed by atoms with Gasteiger partial charge in [-0.2, -0.15) is 0 Å². The van der Waals surface area contributed by atoms with Crippen LogP contribution >= 0.6 is 11.3 Å². The maximum absolute atomic E-state index is 13.5. The Hall–Kier alpha value is -4.22. The predicted octanol–water partition coefficient (Wildman–Crippen LogP) is 6.23. The lowest BCUT2D eigenvalue weighted by molar-refractivity contribution is 0.842. The summed E-state index contributed by atoms with van der Waals surface area (Å²) >= 11 is 1.45. The van der Waals surface area contributed by atoms with E-state index in [1.807, 2.05) is 6.08 Å². The van der Waals surface area contributed by atoms with Crippen LogP contribution in [-0.2, 0) is 6.54 Å². The van der Waals surface area contributed by atoms with E-state index < -0.39 is 0 Å². The van der Waals surface area contributed by atoms with Crippen LogP contribution in [0, 0.1) is 13.8 Å². The molecule has 3 aromatic heterocycles. The molecule has 174 valence electrons. The molecule has 0 aliphatic heterocycles. The Bertz CT molecular complexity index is 2070. The van der Waals surface area contributed by atoms with Crippen LogP contribution in [-0.4, -0.2) is 14.0 Å². The molecule has 7 rings (SSSR count). The molecular formula is C31H23N3OS. The summed E-state index contributed by atoms with van der Waals surface area (Å²) in [6.07, 6.45) is 4.19. The SMILES string of the molecule is Cc1cc2nc3s/c(=C\c4cn(Cc5cccc6ccccc56)c5ccccc45)c(=O)n3c2cc1C. The highest BCUT2D eigenvalue weighted by molar-refractivity contribution is 7.15. The molecule has 0 saturated heterocycles. The standard InChI is InChI=1S/C31H23N3OS/c1-19-14-26-28(15-20(19)2)34-30(35)29(36-31(34)32-26)16-23-18-33(27-13-6-5-12-25(23)27)17-22-10-7-9-21-8-3-4-11-24(21)22/h3-16,18H,17H2,1-2H3/b29-16-. The van der Waals surface area contributed by atoms with E-state index in [4.69, 9.17) is 4.98 Å². The van der Waals surface area contributed by atoms with E-state index in [1.54, 1.807) is 4.40 Å². The molecule has 0 bridgehead atoms. The lowest BCUT2D eigenvalue weighted by Crippen LogP contribution is -2.22. The molecule has 0 radical (unpaired) electrons. The number of aryl methyl sites for hydroxylation is 2. The van der Waals surface area contributed by atoms with Gasteiger partial charge in [0.2, 0.25) is 0 Å². The van der Waals surface area contributed by atoms with Crippen molar-refractivity contribution in [2.24, 2.45) is 0 Å². The van der Waals surface area contributed by atoms with E-state index in [1.165, 1.54) is 33.2 Å². The monoisotopic (exact) mass is 485 g/mol. The van der Waals surface area contributed by atoms with Gasteiger partial charge in [-0.25, -0.2) is 9.38 Å². The first kappa shape index (κ1) is 21.1. The zero-order valence-corrected chi connectivity index (χ0v) is 20.8. The molecular weight excluding hydrogens is 462 g/mol. The number of thiazole rings is 1. The van der Waals surface area contributed by atoms with Crippen molar-refractivity contribution in [1.82, 2.24) is 14.0 Å². The topological polar surface area (TPSA) is 39.3 Å². The number of aromatic nitrogens is 3. The second kappa shape index (κ2) is 7.90. The van der Waals surface area contributed by atoms with Gasteiger partial charge in [0.15, 0.2) is 4.96 Å². The maximum atomic E-state index is 13.5. The van der Waals surface area contributed by atoms with Gasteiger partial charge in [-0.1, -0.05) is 72.0 Å². The Kier molecular flexibility index (Phi) is 4.63. The molecule has 0 saturated carbocycles. The number of hydrogen-bond acceptors (Lipinski definition) is 3. The molecule has 4 nitrogen and oxygen atoms in total. The number of nitrogens with zero attached hydrogens (tertiary/aromatic N) is 3. The van der Waals surface area contributed by atoms with Crippen molar-refractivity contribution in [3.63, 3.8) is 0 Å². The fraction of sp³-hybridized carbons (Fsp3) is 0.0968. The Morgan fingerprint density at radius 2 is 1.61 bits per heavy atom. The number of hydrogen-bond donors (Lipinski definition) is 0. The predicted molar refractivity (Wildman–Crippen MR) is 150 cm³/mol. The largest absolute Gasteiger partial charge is 0.342 e. The van der Waals surface area contributed by atoms with Crippen molar-refractivity contribution in [2.45, 2.75) is 20.4 Å². The fourth-order valence-corrected chi connectivity index (χ4v) is 6.17. The van der Waals surface area contributed by atoms with Gasteiger partial charge >= 0.3 is 0 Å². The summed E-state index contributed by atoms with van der Waals surface area (Å²) in [5.74, 6) is 0. The minimum atomic E-state index is -0.00774. The van der Waals surface area contributed by atoms with Crippen LogP contribution in [0.1, 0.15) is 22.3 Å². The molecule has 4 aromatic carbocycles. The lowest BCUT2D eigenvalue weighted by Gasteiger charge is -2.09. The molecule has 36 heavy (non-hydrogen) atoms. The third-order valence-corrected chi connectivity index (χ3v) is 8.15. The van der Waals surface area contributed by atoms with E-state index in [9.17, 15) is 4.79 Å². The fourth-order valence-electron chi connectivity index (χ4n) is 5.19. The molecule has 0 unspecified atom stereocenters. The molecule has 0 atom stereocenters. The van der Waals surface area contributed by atoms with Crippen LogP contribution in [0.15, 0.2) is 89.9 Å². The van der Waals surface area contributed by atoms with Crippen molar-refractivity contribution in [2.75, 3.05) is 0 Å². The van der Waals surface area contributed by atoms with E-state index in [0.717, 1.165) is 44.6 Å². The number of benzene rings is 4. The van der Waals surface area contributed by atoms with Gasteiger partial charge in [-0.15, -0.1) is 0 Å². The molecule has 0 fully saturated rings. The Morgan fingerprint density at radius 1 is 0.861 bits per heavy atom. The molecule has 0 aliphatic carbocycles. The first-order valence-corrected chi connectivity index (χ1v) is 12.9. The lowest BCUT2D eigenvalue weighted by atomic mass is 10.0. The highest BCUT2D eigenvalue weighted by atomic mass is 32.1. The third kappa shape index (κ3) is 3.20. The third-order valence-electron chi connectivity index (χ3n) is 7.18. The summed E-state index contributed by atoms with van der Waals surface area (Å²) in [5, 5.41) is 3.65. The molecule has 3 heterocycles. The average molecular weight is 486 g/mol. The Morgan fingerprint density at radius 3 is 2.50 bits per heavy atom. The minimum Gasteiger partial charge on any atom is -0.342 e. The number of imidazole rings is 1. The van der Waals surface area contributed by atoms with Crippen molar-refractivity contribution < 1.29 is 0 Å². The van der Waals surface area contributed by atoms with E-state index in [0.29, 0.717) is 4.53 Å². The van der Waals surface area contributed by atoms with Crippen molar-refractivity contribution in [3.8, 4) is 0 Å². The zero-order chi connectivity index (χ0) is 24.4. The van der Waals surface area contributed by atoms with Gasteiger partial charge in [-0.05, 0) is 65.6 Å². The van der Waals surface area contributed by atoms with E-state index in [-0.39, 0.29) is 5.56 Å². The van der Waals surface area contributed by atoms with Crippen LogP contribution in [0.5, 0.6) is 0 Å². The normalized spacial score (nSPS) is 12.6. The molecule has 7 aromatic rings. The first-order valence-electron chi connectivity index (χ1n) is 12.1. The molecule has 0 aliphatic rings. The summed E-state index contributed by atoms with van der Waals surface area (Å²) in [6, 6.07) is 27.5. The molecule has 0 N–H and O–H groups in total. The van der Waals surface area contributed by atoms with Crippen LogP contribution in [0.2, 0.25) is 0 Å². The van der Waals surface area contributed by atoms with Crippen LogP contribution in [0.4, 0.5) is 0 Å². The van der Waals surface area contributed by atoms with E-state index >= 15 is 0 Å². The summed E-state index contributed by atoms with van der Waals surface area (Å²) in [5.41, 5.74) is 7.57. The van der Waals surface area contributed by atoms with Gasteiger partial charge in [0.1, 0.15) is 0 Å². The van der Waals surface area contributed by atoms with Crippen molar-refractivity contribution >= 4 is 55.1 Å². The summed E-state index contributed by atoms with van der Waals surface area (Å²) < 4.78 is 4.74. The van der Waals surface area contributed by atoms with Crippen LogP contribution in [0.3, 0.4) is 0 Å². The smallest absolute Gasteiger partial charge is 0.274 e. The highest BCUT2D eigenvalue weighted by Gasteiger charge is 2.14. The minimum absolute atomic E-state index is 0.00774. The maximum Gasteiger partial charge on any atom is 0.274 e. The Labute approximate surface area is 211 Å². The molecule has 0 spiro atoms. The number of fused-ring (bicyclic) bond motifs is 5. The van der Waals surface area contributed by atoms with Crippen molar-refractivity contribution in [3.05, 3.63) is 122 Å². The average Bonchev–Trinajstić information content (AvgIpc) is 3.51.